The van der Waals surface area contributed by atoms with E-state index in [9.17, 15) is 0 Å². The van der Waals surface area contributed by atoms with Crippen LogP contribution >= 0.6 is 0 Å². The third kappa shape index (κ3) is 1.13. The van der Waals surface area contributed by atoms with E-state index >= 15 is 0 Å². The van der Waals surface area contributed by atoms with Gasteiger partial charge in [0.15, 0.2) is 0 Å². The van der Waals surface area contributed by atoms with Crippen molar-refractivity contribution < 1.29 is 4.74 Å². The lowest BCUT2D eigenvalue weighted by Gasteiger charge is -2.08. The Hall–Kier alpha value is -1.02. The number of benzene rings is 1. The van der Waals surface area contributed by atoms with Gasteiger partial charge in [0, 0.05) is 5.56 Å². The van der Waals surface area contributed by atoms with Gasteiger partial charge in [-0.2, -0.15) is 0 Å². The molecule has 1 aliphatic rings. The molecule has 0 amide bonds. The molecular formula is C11H15NO. The minimum atomic E-state index is 0.0369. The molecule has 2 nitrogen and oxygen atoms in total. The number of ether oxygens (including phenoxy) is 1. The monoisotopic (exact) mass is 177 g/mol. The molecule has 0 aromatic heterocycles. The number of hydrogen-bond acceptors (Lipinski definition) is 2. The van der Waals surface area contributed by atoms with Gasteiger partial charge in [-0.15, -0.1) is 0 Å². The van der Waals surface area contributed by atoms with Crippen molar-refractivity contribution in [2.75, 3.05) is 0 Å². The number of aryl methyl sites for hydroxylation is 2. The van der Waals surface area contributed by atoms with E-state index in [1.165, 1.54) is 16.7 Å². The normalized spacial score (nSPS) is 25.5. The van der Waals surface area contributed by atoms with Crippen molar-refractivity contribution in [3.63, 3.8) is 0 Å². The summed E-state index contributed by atoms with van der Waals surface area (Å²) in [6.07, 6.45) is 0.106. The Bertz CT molecular complexity index is 346. The van der Waals surface area contributed by atoms with Gasteiger partial charge in [-0.05, 0) is 31.9 Å². The average Bonchev–Trinajstić information content (AvgIpc) is 2.38. The zero-order valence-corrected chi connectivity index (χ0v) is 8.29. The predicted octanol–water partition coefficient (Wildman–Crippen LogP) is 2.08. The van der Waals surface area contributed by atoms with E-state index in [2.05, 4.69) is 26.0 Å². The summed E-state index contributed by atoms with van der Waals surface area (Å²) in [5.74, 6) is 1.00. The van der Waals surface area contributed by atoms with Gasteiger partial charge in [-0.3, -0.25) is 0 Å². The molecule has 70 valence electrons. The molecule has 2 heteroatoms. The van der Waals surface area contributed by atoms with Crippen molar-refractivity contribution in [3.05, 3.63) is 28.8 Å². The summed E-state index contributed by atoms with van der Waals surface area (Å²) in [6.45, 7) is 6.16. The Morgan fingerprint density at radius 3 is 2.46 bits per heavy atom. The quantitative estimate of drug-likeness (QED) is 0.658. The molecule has 2 rings (SSSR count). The highest BCUT2D eigenvalue weighted by atomic mass is 16.5. The van der Waals surface area contributed by atoms with Gasteiger partial charge in [0.1, 0.15) is 11.9 Å². The van der Waals surface area contributed by atoms with Gasteiger partial charge in [0.25, 0.3) is 0 Å². The fourth-order valence-electron chi connectivity index (χ4n) is 1.87. The molecular weight excluding hydrogens is 162 g/mol. The van der Waals surface area contributed by atoms with Crippen LogP contribution in [0.25, 0.3) is 0 Å². The second-order valence-corrected chi connectivity index (χ2v) is 3.79. The number of hydrogen-bond donors (Lipinski definition) is 1. The number of rotatable bonds is 0. The molecule has 0 radical (unpaired) electrons. The van der Waals surface area contributed by atoms with Crippen LogP contribution < -0.4 is 10.5 Å². The first-order valence-electron chi connectivity index (χ1n) is 4.63. The standard InChI is InChI=1S/C11H15NO/c1-6-4-5-7(2)11-9(6)10(12)8(3)13-11/h4-5,8,10H,12H2,1-3H3. The van der Waals surface area contributed by atoms with Crippen LogP contribution in [-0.4, -0.2) is 6.10 Å². The van der Waals surface area contributed by atoms with Crippen molar-refractivity contribution in [1.29, 1.82) is 0 Å². The molecule has 0 bridgehead atoms. The van der Waals surface area contributed by atoms with Gasteiger partial charge in [0.2, 0.25) is 0 Å². The lowest BCUT2D eigenvalue weighted by molar-refractivity contribution is 0.227. The van der Waals surface area contributed by atoms with E-state index in [1.807, 2.05) is 6.92 Å². The summed E-state index contributed by atoms with van der Waals surface area (Å²) in [7, 11) is 0. The van der Waals surface area contributed by atoms with Crippen LogP contribution in [0.3, 0.4) is 0 Å². The van der Waals surface area contributed by atoms with E-state index in [1.54, 1.807) is 0 Å². The summed E-state index contributed by atoms with van der Waals surface area (Å²) < 4.78 is 5.71. The van der Waals surface area contributed by atoms with Crippen molar-refractivity contribution in [2.45, 2.75) is 32.9 Å². The Morgan fingerprint density at radius 1 is 1.23 bits per heavy atom. The van der Waals surface area contributed by atoms with Crippen molar-refractivity contribution >= 4 is 0 Å². The van der Waals surface area contributed by atoms with E-state index in [0.717, 1.165) is 5.75 Å². The first kappa shape index (κ1) is 8.57. The molecule has 0 saturated carbocycles. The molecule has 0 spiro atoms. The van der Waals surface area contributed by atoms with Crippen LogP contribution in [0, 0.1) is 13.8 Å². The maximum atomic E-state index is 6.03. The third-order valence-electron chi connectivity index (χ3n) is 2.75. The zero-order valence-electron chi connectivity index (χ0n) is 8.29. The van der Waals surface area contributed by atoms with E-state index in [4.69, 9.17) is 10.5 Å². The fraction of sp³-hybridized carbons (Fsp3) is 0.455. The molecule has 2 atom stereocenters. The predicted molar refractivity (Wildman–Crippen MR) is 52.9 cm³/mol. The summed E-state index contributed by atoms with van der Waals surface area (Å²) >= 11 is 0. The topological polar surface area (TPSA) is 35.2 Å². The first-order valence-corrected chi connectivity index (χ1v) is 4.63. The zero-order chi connectivity index (χ0) is 9.59. The van der Waals surface area contributed by atoms with Crippen LogP contribution in [0.5, 0.6) is 5.75 Å². The third-order valence-corrected chi connectivity index (χ3v) is 2.75. The maximum Gasteiger partial charge on any atom is 0.127 e. The van der Waals surface area contributed by atoms with Crippen molar-refractivity contribution in [1.82, 2.24) is 0 Å². The molecule has 2 unspecified atom stereocenters. The van der Waals surface area contributed by atoms with Crippen molar-refractivity contribution in [3.8, 4) is 5.75 Å². The minimum absolute atomic E-state index is 0.0369. The lowest BCUT2D eigenvalue weighted by Crippen LogP contribution is -2.21. The average molecular weight is 177 g/mol. The second kappa shape index (κ2) is 2.74. The maximum absolute atomic E-state index is 6.03. The van der Waals surface area contributed by atoms with Gasteiger partial charge >= 0.3 is 0 Å². The molecule has 0 saturated heterocycles. The fourth-order valence-corrected chi connectivity index (χ4v) is 1.87. The van der Waals surface area contributed by atoms with Crippen LogP contribution in [0.4, 0.5) is 0 Å². The molecule has 0 aliphatic carbocycles. The summed E-state index contributed by atoms with van der Waals surface area (Å²) in [5, 5.41) is 0. The van der Waals surface area contributed by atoms with Crippen LogP contribution in [0.2, 0.25) is 0 Å². The SMILES string of the molecule is Cc1ccc(C)c2c1OC(C)C2N. The first-order chi connectivity index (χ1) is 6.11. The Balaban J connectivity index is 2.61. The highest BCUT2D eigenvalue weighted by molar-refractivity contribution is 5.50. The van der Waals surface area contributed by atoms with Crippen LogP contribution in [-0.2, 0) is 0 Å². The van der Waals surface area contributed by atoms with E-state index < -0.39 is 0 Å². The summed E-state index contributed by atoms with van der Waals surface area (Å²) in [5.41, 5.74) is 9.64. The summed E-state index contributed by atoms with van der Waals surface area (Å²) in [4.78, 5) is 0. The molecule has 2 N–H and O–H groups in total. The Kier molecular flexibility index (Phi) is 1.81. The highest BCUT2D eigenvalue weighted by Crippen LogP contribution is 2.39. The smallest absolute Gasteiger partial charge is 0.127 e. The van der Waals surface area contributed by atoms with Gasteiger partial charge in [-0.25, -0.2) is 0 Å². The summed E-state index contributed by atoms with van der Waals surface area (Å²) in [6, 6.07) is 4.23. The Labute approximate surface area is 78.7 Å². The molecule has 13 heavy (non-hydrogen) atoms. The molecule has 1 aliphatic heterocycles. The van der Waals surface area contributed by atoms with Gasteiger partial charge in [0.05, 0.1) is 6.04 Å². The molecule has 1 heterocycles. The lowest BCUT2D eigenvalue weighted by atomic mass is 9.98. The van der Waals surface area contributed by atoms with Crippen LogP contribution in [0.15, 0.2) is 12.1 Å². The van der Waals surface area contributed by atoms with Crippen LogP contribution in [0.1, 0.15) is 29.7 Å². The van der Waals surface area contributed by atoms with Gasteiger partial charge < -0.3 is 10.5 Å². The number of fused-ring (bicyclic) bond motifs is 1. The largest absolute Gasteiger partial charge is 0.488 e. The molecule has 1 aromatic carbocycles. The number of nitrogens with two attached hydrogens (primary N) is 1. The Morgan fingerprint density at radius 2 is 1.85 bits per heavy atom. The highest BCUT2D eigenvalue weighted by Gasteiger charge is 2.30. The van der Waals surface area contributed by atoms with Crippen molar-refractivity contribution in [2.24, 2.45) is 5.73 Å². The minimum Gasteiger partial charge on any atom is -0.488 e. The van der Waals surface area contributed by atoms with E-state index in [0.29, 0.717) is 0 Å². The second-order valence-electron chi connectivity index (χ2n) is 3.79. The molecule has 0 fully saturated rings. The molecule has 1 aromatic rings. The van der Waals surface area contributed by atoms with E-state index in [-0.39, 0.29) is 12.1 Å². The van der Waals surface area contributed by atoms with Gasteiger partial charge in [-0.1, -0.05) is 12.1 Å².